The molecule has 1 aromatic carbocycles. The summed E-state index contributed by atoms with van der Waals surface area (Å²) in [5.74, 6) is -1.00. The van der Waals surface area contributed by atoms with Crippen molar-refractivity contribution in [3.05, 3.63) is 45.7 Å². The Kier molecular flexibility index (Phi) is 17.6. The molecule has 1 aromatic heterocycles. The van der Waals surface area contributed by atoms with Gasteiger partial charge in [0.05, 0.1) is 11.7 Å². The van der Waals surface area contributed by atoms with Crippen molar-refractivity contribution in [3.63, 3.8) is 0 Å². The molecule has 0 radical (unpaired) electrons. The van der Waals surface area contributed by atoms with Crippen molar-refractivity contribution >= 4 is 23.1 Å². The Balaban J connectivity index is 0.000000389. The third kappa shape index (κ3) is 14.1. The number of anilines is 1. The van der Waals surface area contributed by atoms with E-state index in [1.807, 2.05) is 27.0 Å². The van der Waals surface area contributed by atoms with E-state index in [0.29, 0.717) is 26.1 Å². The zero-order valence-corrected chi connectivity index (χ0v) is 23.6. The van der Waals surface area contributed by atoms with Crippen LogP contribution in [0, 0.1) is 12.7 Å². The molecule has 216 valence electrons. The zero-order chi connectivity index (χ0) is 28.3. The number of rotatable bonds is 7. The molecular formula is C27H44F3N5O2S. The third-order valence-electron chi connectivity index (χ3n) is 5.77. The second-order valence-electron chi connectivity index (χ2n) is 8.85. The Labute approximate surface area is 229 Å². The molecule has 2 heterocycles. The first-order chi connectivity index (χ1) is 18.3. The van der Waals surface area contributed by atoms with E-state index in [0.717, 1.165) is 36.7 Å². The summed E-state index contributed by atoms with van der Waals surface area (Å²) in [4.78, 5) is 19.0. The molecule has 7 nitrogen and oxygen atoms in total. The number of aliphatic hydroxyl groups excluding tert-OH is 1. The van der Waals surface area contributed by atoms with Gasteiger partial charge in [-0.25, -0.2) is 22.9 Å². The third-order valence-corrected chi connectivity index (χ3v) is 6.70. The number of nitrogens with one attached hydrogen (secondary N) is 2. The molecule has 0 unspecified atom stereocenters. The molecule has 1 atom stereocenters. The standard InChI is InChI=1S/C15H20F3N3O2.C5H8N2S.C5H10.C2H6/c16-13-3-2-10(8-12(13)14(17)18)20-15(23)19-5-1-6-21-7-4-11(22)9-21;1-4-3-7-5(2-6)8-4;1-2-4-5-3-1;1-2/h2-3,8,11,14,22H,1,4-7,9H2,(H2,19,20,23);3H,2,6H2,1H3;1-5H2;1-2H3/t11-;;;/m1.../s1. The summed E-state index contributed by atoms with van der Waals surface area (Å²) < 4.78 is 38.3. The number of hydrogen-bond acceptors (Lipinski definition) is 6. The molecule has 1 saturated heterocycles. The number of aryl methyl sites for hydroxylation is 1. The van der Waals surface area contributed by atoms with E-state index >= 15 is 0 Å². The minimum atomic E-state index is -2.93. The second-order valence-corrected chi connectivity index (χ2v) is 10.2. The first-order valence-electron chi connectivity index (χ1n) is 13.4. The first-order valence-corrected chi connectivity index (χ1v) is 14.2. The number of β-amino-alcohol motifs (C(OH)–C–C–N with tert-alkyl or cyclic N) is 1. The number of carbonyl (C=O) groups excluding carboxylic acids is 1. The van der Waals surface area contributed by atoms with Crippen LogP contribution in [-0.4, -0.2) is 53.3 Å². The Morgan fingerprint density at radius 2 is 1.89 bits per heavy atom. The molecule has 0 spiro atoms. The highest BCUT2D eigenvalue weighted by atomic mass is 32.1. The molecular weight excluding hydrogens is 515 g/mol. The number of urea groups is 1. The van der Waals surface area contributed by atoms with Gasteiger partial charge in [0, 0.05) is 42.9 Å². The lowest BCUT2D eigenvalue weighted by Gasteiger charge is -2.15. The molecule has 1 aliphatic heterocycles. The number of nitrogens with zero attached hydrogens (tertiary/aromatic N) is 2. The SMILES string of the molecule is C1CCCC1.CC.Cc1cnc(CN)s1.O=C(NCCCN1CC[C@@H](O)C1)Nc1ccc(F)c(C(F)F)c1. The smallest absolute Gasteiger partial charge is 0.319 e. The molecule has 2 aliphatic rings. The normalized spacial score (nSPS) is 16.5. The van der Waals surface area contributed by atoms with Gasteiger partial charge in [-0.15, -0.1) is 11.3 Å². The minimum Gasteiger partial charge on any atom is -0.392 e. The average Bonchev–Trinajstić information content (AvgIpc) is 3.69. The molecule has 2 fully saturated rings. The van der Waals surface area contributed by atoms with Gasteiger partial charge >= 0.3 is 6.03 Å². The number of amides is 2. The average molecular weight is 560 g/mol. The lowest BCUT2D eigenvalue weighted by molar-refractivity contribution is 0.146. The maximum Gasteiger partial charge on any atom is 0.319 e. The Morgan fingerprint density at radius 3 is 2.37 bits per heavy atom. The highest BCUT2D eigenvalue weighted by Crippen LogP contribution is 2.25. The monoisotopic (exact) mass is 559 g/mol. The van der Waals surface area contributed by atoms with Crippen molar-refractivity contribution < 1.29 is 23.1 Å². The fraction of sp³-hybridized carbons (Fsp3) is 0.630. The van der Waals surface area contributed by atoms with E-state index in [2.05, 4.69) is 20.5 Å². The van der Waals surface area contributed by atoms with Crippen LogP contribution in [-0.2, 0) is 6.54 Å². The van der Waals surface area contributed by atoms with E-state index in [1.54, 1.807) is 11.3 Å². The van der Waals surface area contributed by atoms with E-state index in [1.165, 1.54) is 43.0 Å². The van der Waals surface area contributed by atoms with Gasteiger partial charge in [0.15, 0.2) is 0 Å². The topological polar surface area (TPSA) is 104 Å². The van der Waals surface area contributed by atoms with Crippen LogP contribution in [0.1, 0.15) is 80.7 Å². The first kappa shape index (κ1) is 33.8. The van der Waals surface area contributed by atoms with Crippen molar-refractivity contribution in [2.45, 2.75) is 84.8 Å². The van der Waals surface area contributed by atoms with Crippen LogP contribution in [0.15, 0.2) is 24.4 Å². The molecule has 1 saturated carbocycles. The molecule has 2 amide bonds. The number of likely N-dealkylation sites (tertiary alicyclic amines) is 1. The lowest BCUT2D eigenvalue weighted by Crippen LogP contribution is -2.32. The number of nitrogens with two attached hydrogens (primary N) is 1. The summed E-state index contributed by atoms with van der Waals surface area (Å²) in [5.41, 5.74) is 4.68. The van der Waals surface area contributed by atoms with Gasteiger partial charge in [-0.3, -0.25) is 0 Å². The van der Waals surface area contributed by atoms with Gasteiger partial charge in [0.2, 0.25) is 0 Å². The number of benzene rings is 1. The minimum absolute atomic E-state index is 0.113. The van der Waals surface area contributed by atoms with Crippen LogP contribution in [0.5, 0.6) is 0 Å². The largest absolute Gasteiger partial charge is 0.392 e. The summed E-state index contributed by atoms with van der Waals surface area (Å²) >= 11 is 1.65. The van der Waals surface area contributed by atoms with Crippen LogP contribution < -0.4 is 16.4 Å². The Morgan fingerprint density at radius 1 is 1.24 bits per heavy atom. The second kappa shape index (κ2) is 19.8. The number of carbonyl (C=O) groups is 1. The van der Waals surface area contributed by atoms with Crippen LogP contribution in [0.3, 0.4) is 0 Å². The molecule has 0 bridgehead atoms. The Bertz CT molecular complexity index is 905. The van der Waals surface area contributed by atoms with Crippen LogP contribution in [0.25, 0.3) is 0 Å². The number of aromatic nitrogens is 1. The van der Waals surface area contributed by atoms with Crippen molar-refractivity contribution in [1.82, 2.24) is 15.2 Å². The lowest BCUT2D eigenvalue weighted by atomic mass is 10.2. The van der Waals surface area contributed by atoms with Crippen LogP contribution in [0.4, 0.5) is 23.7 Å². The van der Waals surface area contributed by atoms with Gasteiger partial charge in [-0.05, 0) is 44.5 Å². The van der Waals surface area contributed by atoms with Crippen molar-refractivity contribution in [2.24, 2.45) is 5.73 Å². The highest BCUT2D eigenvalue weighted by Gasteiger charge is 2.19. The number of thiazole rings is 1. The van der Waals surface area contributed by atoms with Gasteiger partial charge in [0.1, 0.15) is 10.8 Å². The van der Waals surface area contributed by atoms with Crippen LogP contribution >= 0.6 is 11.3 Å². The number of aliphatic hydroxyl groups is 1. The summed E-state index contributed by atoms with van der Waals surface area (Å²) in [6.45, 7) is 9.28. The van der Waals surface area contributed by atoms with E-state index < -0.39 is 23.8 Å². The predicted molar refractivity (Wildman–Crippen MR) is 149 cm³/mol. The van der Waals surface area contributed by atoms with E-state index in [9.17, 15) is 23.1 Å². The van der Waals surface area contributed by atoms with Gasteiger partial charge in [0.25, 0.3) is 6.43 Å². The molecule has 38 heavy (non-hydrogen) atoms. The highest BCUT2D eigenvalue weighted by molar-refractivity contribution is 7.11. The number of alkyl halides is 2. The number of hydrogen-bond donors (Lipinski definition) is 4. The van der Waals surface area contributed by atoms with E-state index in [-0.39, 0.29) is 11.8 Å². The summed E-state index contributed by atoms with van der Waals surface area (Å²) in [7, 11) is 0. The fourth-order valence-corrected chi connectivity index (χ4v) is 4.53. The Hall–Kier alpha value is -2.21. The van der Waals surface area contributed by atoms with E-state index in [4.69, 9.17) is 5.73 Å². The zero-order valence-electron chi connectivity index (χ0n) is 22.8. The maximum atomic E-state index is 13.2. The van der Waals surface area contributed by atoms with Crippen molar-refractivity contribution in [3.8, 4) is 0 Å². The van der Waals surface area contributed by atoms with Gasteiger partial charge in [-0.2, -0.15) is 0 Å². The molecule has 11 heteroatoms. The maximum absolute atomic E-state index is 13.2. The van der Waals surface area contributed by atoms with Crippen molar-refractivity contribution in [1.29, 1.82) is 0 Å². The quantitative estimate of drug-likeness (QED) is 0.301. The molecule has 5 N–H and O–H groups in total. The predicted octanol–water partition coefficient (Wildman–Crippen LogP) is 6.23. The summed E-state index contributed by atoms with van der Waals surface area (Å²) in [6.07, 6.45) is 7.62. The van der Waals surface area contributed by atoms with Crippen molar-refractivity contribution in [2.75, 3.05) is 31.5 Å². The molecule has 4 rings (SSSR count). The molecule has 2 aromatic rings. The van der Waals surface area contributed by atoms with Gasteiger partial charge < -0.3 is 26.4 Å². The summed E-state index contributed by atoms with van der Waals surface area (Å²) in [6, 6.07) is 2.52. The van der Waals surface area contributed by atoms with Gasteiger partial charge in [-0.1, -0.05) is 46.0 Å². The molecule has 1 aliphatic carbocycles. The fourth-order valence-electron chi connectivity index (χ4n) is 3.86. The van der Waals surface area contributed by atoms with Crippen LogP contribution in [0.2, 0.25) is 0 Å². The summed E-state index contributed by atoms with van der Waals surface area (Å²) in [5, 5.41) is 15.4. The number of halogens is 3.